The lowest BCUT2D eigenvalue weighted by Crippen LogP contribution is -2.50. The summed E-state index contributed by atoms with van der Waals surface area (Å²) in [6, 6.07) is 4.55. The highest BCUT2D eigenvalue weighted by molar-refractivity contribution is 5.74. The van der Waals surface area contributed by atoms with Crippen LogP contribution in [0.3, 0.4) is 0 Å². The molecule has 2 amide bonds. The van der Waals surface area contributed by atoms with Crippen molar-refractivity contribution in [3.05, 3.63) is 29.6 Å². The highest BCUT2D eigenvalue weighted by atomic mass is 19.1. The van der Waals surface area contributed by atoms with Crippen molar-refractivity contribution >= 4 is 6.03 Å². The topological polar surface area (TPSA) is 53.6 Å². The van der Waals surface area contributed by atoms with Crippen molar-refractivity contribution in [1.82, 2.24) is 15.5 Å². The fraction of sp³-hybridized carbons (Fsp3) is 0.462. The van der Waals surface area contributed by atoms with Crippen molar-refractivity contribution in [2.75, 3.05) is 33.3 Å². The van der Waals surface area contributed by atoms with E-state index < -0.39 is 5.82 Å². The second-order valence-electron chi connectivity index (χ2n) is 4.36. The van der Waals surface area contributed by atoms with Gasteiger partial charge in [-0.25, -0.2) is 9.18 Å². The molecule has 19 heavy (non-hydrogen) atoms. The standard InChI is InChI=1S/C13H18FN3O2/c1-19-12-3-2-10(8-11(12)14)9-16-13(18)17-6-4-15-5-7-17/h2-3,8,15H,4-7,9H2,1H3,(H,16,18). The minimum absolute atomic E-state index is 0.113. The molecule has 1 saturated heterocycles. The number of amides is 2. The molecule has 1 aromatic rings. The van der Waals surface area contributed by atoms with Gasteiger partial charge in [-0.1, -0.05) is 6.07 Å². The van der Waals surface area contributed by atoms with Crippen molar-refractivity contribution in [3.8, 4) is 5.75 Å². The summed E-state index contributed by atoms with van der Waals surface area (Å²) in [7, 11) is 1.42. The van der Waals surface area contributed by atoms with E-state index in [9.17, 15) is 9.18 Å². The second kappa shape index (κ2) is 6.38. The van der Waals surface area contributed by atoms with Crippen LogP contribution in [-0.4, -0.2) is 44.2 Å². The fourth-order valence-electron chi connectivity index (χ4n) is 1.98. The zero-order valence-corrected chi connectivity index (χ0v) is 10.9. The molecule has 1 aliphatic rings. The number of halogens is 1. The molecule has 0 atom stereocenters. The maximum Gasteiger partial charge on any atom is 0.317 e. The Kier molecular flexibility index (Phi) is 4.57. The van der Waals surface area contributed by atoms with Gasteiger partial charge >= 0.3 is 6.03 Å². The lowest BCUT2D eigenvalue weighted by Gasteiger charge is -2.27. The molecule has 1 heterocycles. The number of nitrogens with one attached hydrogen (secondary N) is 2. The van der Waals surface area contributed by atoms with E-state index in [1.54, 1.807) is 17.0 Å². The van der Waals surface area contributed by atoms with E-state index >= 15 is 0 Å². The number of benzene rings is 1. The molecule has 0 spiro atoms. The number of carbonyl (C=O) groups excluding carboxylic acids is 1. The highest BCUT2D eigenvalue weighted by Gasteiger charge is 2.15. The number of ether oxygens (including phenoxy) is 1. The van der Waals surface area contributed by atoms with E-state index in [4.69, 9.17) is 4.74 Å². The Bertz CT molecular complexity index is 448. The van der Waals surface area contributed by atoms with Crippen molar-refractivity contribution in [1.29, 1.82) is 0 Å². The lowest BCUT2D eigenvalue weighted by atomic mass is 10.2. The molecule has 0 unspecified atom stereocenters. The van der Waals surface area contributed by atoms with Crippen molar-refractivity contribution in [2.45, 2.75) is 6.54 Å². The van der Waals surface area contributed by atoms with E-state index in [1.165, 1.54) is 13.2 Å². The van der Waals surface area contributed by atoms with Crippen molar-refractivity contribution < 1.29 is 13.9 Å². The number of carbonyl (C=O) groups is 1. The predicted octanol–water partition coefficient (Wildman–Crippen LogP) is 0.949. The van der Waals surface area contributed by atoms with E-state index in [1.807, 2.05) is 0 Å². The van der Waals surface area contributed by atoms with Gasteiger partial charge in [0, 0.05) is 32.7 Å². The van der Waals surface area contributed by atoms with Gasteiger partial charge in [-0.15, -0.1) is 0 Å². The molecule has 0 aliphatic carbocycles. The first-order valence-corrected chi connectivity index (χ1v) is 6.26. The van der Waals surface area contributed by atoms with E-state index in [0.717, 1.165) is 13.1 Å². The maximum atomic E-state index is 13.5. The Morgan fingerprint density at radius 1 is 1.47 bits per heavy atom. The monoisotopic (exact) mass is 267 g/mol. The Labute approximate surface area is 111 Å². The van der Waals surface area contributed by atoms with Gasteiger partial charge in [-0.3, -0.25) is 0 Å². The summed E-state index contributed by atoms with van der Waals surface area (Å²) in [5.41, 5.74) is 0.710. The molecule has 104 valence electrons. The third-order valence-electron chi connectivity index (χ3n) is 3.06. The number of hydrogen-bond donors (Lipinski definition) is 2. The van der Waals surface area contributed by atoms with E-state index in [-0.39, 0.29) is 11.8 Å². The first kappa shape index (κ1) is 13.6. The summed E-state index contributed by atoms with van der Waals surface area (Å²) < 4.78 is 18.3. The molecule has 1 fully saturated rings. The molecule has 6 heteroatoms. The van der Waals surface area contributed by atoms with Crippen LogP contribution in [0.2, 0.25) is 0 Å². The number of methoxy groups -OCH3 is 1. The van der Waals surface area contributed by atoms with Gasteiger partial charge in [0.05, 0.1) is 7.11 Å². The molecular formula is C13H18FN3O2. The number of piperazine rings is 1. The van der Waals surface area contributed by atoms with E-state index in [0.29, 0.717) is 25.2 Å². The zero-order valence-electron chi connectivity index (χ0n) is 10.9. The average molecular weight is 267 g/mol. The molecule has 0 aromatic heterocycles. The third-order valence-corrected chi connectivity index (χ3v) is 3.06. The molecule has 2 rings (SSSR count). The van der Waals surface area contributed by atoms with Gasteiger partial charge in [0.25, 0.3) is 0 Å². The molecule has 0 saturated carbocycles. The molecule has 2 N–H and O–H groups in total. The minimum atomic E-state index is -0.420. The Morgan fingerprint density at radius 2 is 2.21 bits per heavy atom. The second-order valence-corrected chi connectivity index (χ2v) is 4.36. The molecule has 0 bridgehead atoms. The summed E-state index contributed by atoms with van der Waals surface area (Å²) in [4.78, 5) is 13.6. The van der Waals surface area contributed by atoms with Crippen molar-refractivity contribution in [3.63, 3.8) is 0 Å². The summed E-state index contributed by atoms with van der Waals surface area (Å²) in [5.74, 6) is -0.214. The highest BCUT2D eigenvalue weighted by Crippen LogP contribution is 2.17. The van der Waals surface area contributed by atoms with Crippen molar-refractivity contribution in [2.24, 2.45) is 0 Å². The predicted molar refractivity (Wildman–Crippen MR) is 69.6 cm³/mol. The number of nitrogens with zero attached hydrogens (tertiary/aromatic N) is 1. The number of urea groups is 1. The Morgan fingerprint density at radius 3 is 2.84 bits per heavy atom. The maximum absolute atomic E-state index is 13.5. The van der Waals surface area contributed by atoms with Crippen LogP contribution in [0.1, 0.15) is 5.56 Å². The van der Waals surface area contributed by atoms with Gasteiger partial charge in [0.1, 0.15) is 0 Å². The summed E-state index contributed by atoms with van der Waals surface area (Å²) in [6.07, 6.45) is 0. The Balaban J connectivity index is 1.87. The molecular weight excluding hydrogens is 249 g/mol. The van der Waals surface area contributed by atoms with Gasteiger partial charge in [-0.2, -0.15) is 0 Å². The van der Waals surface area contributed by atoms with Crippen LogP contribution in [0.25, 0.3) is 0 Å². The van der Waals surface area contributed by atoms with Gasteiger partial charge in [0.15, 0.2) is 11.6 Å². The summed E-state index contributed by atoms with van der Waals surface area (Å²) >= 11 is 0. The van der Waals surface area contributed by atoms with Crippen LogP contribution in [-0.2, 0) is 6.54 Å². The molecule has 1 aliphatic heterocycles. The van der Waals surface area contributed by atoms with Crippen LogP contribution in [0.15, 0.2) is 18.2 Å². The van der Waals surface area contributed by atoms with Crippen LogP contribution in [0, 0.1) is 5.82 Å². The van der Waals surface area contributed by atoms with Crippen LogP contribution < -0.4 is 15.4 Å². The lowest BCUT2D eigenvalue weighted by molar-refractivity contribution is 0.189. The quantitative estimate of drug-likeness (QED) is 0.857. The molecule has 0 radical (unpaired) electrons. The van der Waals surface area contributed by atoms with Gasteiger partial charge < -0.3 is 20.3 Å². The Hall–Kier alpha value is -1.82. The third kappa shape index (κ3) is 3.57. The van der Waals surface area contributed by atoms with Crippen LogP contribution >= 0.6 is 0 Å². The zero-order chi connectivity index (χ0) is 13.7. The normalized spacial score (nSPS) is 15.2. The average Bonchev–Trinajstić information content (AvgIpc) is 2.46. The van der Waals surface area contributed by atoms with Gasteiger partial charge in [-0.05, 0) is 17.7 Å². The first-order valence-electron chi connectivity index (χ1n) is 6.26. The smallest absolute Gasteiger partial charge is 0.317 e. The molecule has 5 nitrogen and oxygen atoms in total. The fourth-order valence-corrected chi connectivity index (χ4v) is 1.98. The molecule has 1 aromatic carbocycles. The SMILES string of the molecule is COc1ccc(CNC(=O)N2CCNCC2)cc1F. The first-order chi connectivity index (χ1) is 9.20. The summed E-state index contributed by atoms with van der Waals surface area (Å²) in [5, 5.41) is 5.96. The van der Waals surface area contributed by atoms with Crippen LogP contribution in [0.4, 0.5) is 9.18 Å². The number of rotatable bonds is 3. The van der Waals surface area contributed by atoms with Crippen LogP contribution in [0.5, 0.6) is 5.75 Å². The van der Waals surface area contributed by atoms with E-state index in [2.05, 4.69) is 10.6 Å². The largest absolute Gasteiger partial charge is 0.494 e. The minimum Gasteiger partial charge on any atom is -0.494 e. The number of hydrogen-bond acceptors (Lipinski definition) is 3. The summed E-state index contributed by atoms with van der Waals surface area (Å²) in [6.45, 7) is 3.32. The van der Waals surface area contributed by atoms with Gasteiger partial charge in [0.2, 0.25) is 0 Å².